The summed E-state index contributed by atoms with van der Waals surface area (Å²) >= 11 is 0. The lowest BCUT2D eigenvalue weighted by molar-refractivity contribution is -0.143. The topological polar surface area (TPSA) is 92.7 Å². The van der Waals surface area contributed by atoms with Gasteiger partial charge in [0.2, 0.25) is 10.0 Å². The summed E-state index contributed by atoms with van der Waals surface area (Å²) in [5.41, 5.74) is 0.881. The summed E-state index contributed by atoms with van der Waals surface area (Å²) in [4.78, 5) is 11.2. The lowest BCUT2D eigenvalue weighted by atomic mass is 10.2. The smallest absolute Gasteiger partial charge is 0.326 e. The molecule has 0 saturated heterocycles. The highest BCUT2D eigenvalue weighted by Crippen LogP contribution is 2.02. The predicted molar refractivity (Wildman–Crippen MR) is 70.0 cm³/mol. The van der Waals surface area contributed by atoms with Crippen molar-refractivity contribution in [3.63, 3.8) is 0 Å². The molecule has 6 nitrogen and oxygen atoms in total. The first-order valence-electron chi connectivity index (χ1n) is 5.71. The largest absolute Gasteiger partial charge is 0.468 e. The van der Waals surface area contributed by atoms with E-state index in [-0.39, 0.29) is 5.75 Å². The Bertz CT molecular complexity index is 500. The number of carbonyl (C=O) groups is 1. The SMILES string of the molecule is COC(=O)C(CO)NS(=O)(=O)CCc1ccccc1. The number of benzene rings is 1. The molecule has 0 radical (unpaired) electrons. The van der Waals surface area contributed by atoms with Crippen molar-refractivity contribution in [1.29, 1.82) is 0 Å². The van der Waals surface area contributed by atoms with Gasteiger partial charge in [-0.3, -0.25) is 4.79 Å². The van der Waals surface area contributed by atoms with Gasteiger partial charge in [-0.15, -0.1) is 0 Å². The number of sulfonamides is 1. The van der Waals surface area contributed by atoms with Crippen molar-refractivity contribution in [2.24, 2.45) is 0 Å². The van der Waals surface area contributed by atoms with Crippen molar-refractivity contribution in [1.82, 2.24) is 4.72 Å². The highest BCUT2D eigenvalue weighted by atomic mass is 32.2. The maximum atomic E-state index is 11.8. The van der Waals surface area contributed by atoms with Crippen LogP contribution < -0.4 is 4.72 Å². The van der Waals surface area contributed by atoms with Crippen LogP contribution in [0.4, 0.5) is 0 Å². The van der Waals surface area contributed by atoms with Crippen LogP contribution in [0.25, 0.3) is 0 Å². The molecule has 1 aromatic rings. The molecule has 1 aromatic carbocycles. The Labute approximate surface area is 112 Å². The van der Waals surface area contributed by atoms with Crippen LogP contribution in [0.15, 0.2) is 30.3 Å². The van der Waals surface area contributed by atoms with E-state index in [9.17, 15) is 13.2 Å². The van der Waals surface area contributed by atoms with E-state index in [0.717, 1.165) is 12.7 Å². The monoisotopic (exact) mass is 287 g/mol. The molecule has 0 spiro atoms. The number of methoxy groups -OCH3 is 1. The second-order valence-corrected chi connectivity index (χ2v) is 5.80. The van der Waals surface area contributed by atoms with Crippen LogP contribution in [-0.4, -0.2) is 45.0 Å². The van der Waals surface area contributed by atoms with Gasteiger partial charge in [-0.25, -0.2) is 8.42 Å². The highest BCUT2D eigenvalue weighted by molar-refractivity contribution is 7.89. The summed E-state index contributed by atoms with van der Waals surface area (Å²) in [7, 11) is -2.53. The Morgan fingerprint density at radius 1 is 1.37 bits per heavy atom. The van der Waals surface area contributed by atoms with E-state index < -0.39 is 28.6 Å². The number of hydrogen-bond acceptors (Lipinski definition) is 5. The van der Waals surface area contributed by atoms with Crippen LogP contribution in [0, 0.1) is 0 Å². The second kappa shape index (κ2) is 7.22. The van der Waals surface area contributed by atoms with E-state index in [2.05, 4.69) is 9.46 Å². The Hall–Kier alpha value is -1.44. The predicted octanol–water partition coefficient (Wildman–Crippen LogP) is -0.318. The minimum atomic E-state index is -3.66. The number of aryl methyl sites for hydroxylation is 1. The number of hydrogen-bond donors (Lipinski definition) is 2. The fourth-order valence-electron chi connectivity index (χ4n) is 1.47. The number of aliphatic hydroxyl groups excluding tert-OH is 1. The van der Waals surface area contributed by atoms with Crippen molar-refractivity contribution in [3.05, 3.63) is 35.9 Å². The number of rotatable bonds is 7. The van der Waals surface area contributed by atoms with Crippen LogP contribution in [0.2, 0.25) is 0 Å². The molecule has 0 saturated carbocycles. The second-order valence-electron chi connectivity index (χ2n) is 3.93. The van der Waals surface area contributed by atoms with Crippen molar-refractivity contribution in [2.45, 2.75) is 12.5 Å². The average molecular weight is 287 g/mol. The maximum absolute atomic E-state index is 11.8. The van der Waals surface area contributed by atoms with E-state index in [1.165, 1.54) is 0 Å². The fraction of sp³-hybridized carbons (Fsp3) is 0.417. The summed E-state index contributed by atoms with van der Waals surface area (Å²) in [6, 6.07) is 7.86. The van der Waals surface area contributed by atoms with Gasteiger partial charge >= 0.3 is 5.97 Å². The molecule has 19 heavy (non-hydrogen) atoms. The lowest BCUT2D eigenvalue weighted by Crippen LogP contribution is -2.45. The van der Waals surface area contributed by atoms with Gasteiger partial charge in [-0.2, -0.15) is 4.72 Å². The molecule has 0 aromatic heterocycles. The van der Waals surface area contributed by atoms with Crippen LogP contribution in [0.5, 0.6) is 0 Å². The minimum absolute atomic E-state index is 0.162. The van der Waals surface area contributed by atoms with Crippen LogP contribution in [-0.2, 0) is 26.0 Å². The van der Waals surface area contributed by atoms with Crippen molar-refractivity contribution in [2.75, 3.05) is 19.5 Å². The summed E-state index contributed by atoms with van der Waals surface area (Å²) in [6.45, 7) is -0.642. The summed E-state index contributed by atoms with van der Waals surface area (Å²) < 4.78 is 30.0. The van der Waals surface area contributed by atoms with Gasteiger partial charge in [0.05, 0.1) is 19.5 Å². The Morgan fingerprint density at radius 2 is 2.00 bits per heavy atom. The number of ether oxygens (including phenoxy) is 1. The first-order valence-corrected chi connectivity index (χ1v) is 7.36. The molecule has 1 rings (SSSR count). The van der Waals surface area contributed by atoms with Crippen molar-refractivity contribution in [3.8, 4) is 0 Å². The first kappa shape index (κ1) is 15.6. The molecule has 0 aliphatic carbocycles. The molecule has 0 aliphatic rings. The highest BCUT2D eigenvalue weighted by Gasteiger charge is 2.24. The number of aliphatic hydroxyl groups is 1. The Kier molecular flexibility index (Phi) is 5.94. The first-order chi connectivity index (χ1) is 8.98. The third kappa shape index (κ3) is 5.37. The van der Waals surface area contributed by atoms with Gasteiger partial charge < -0.3 is 9.84 Å². The molecule has 1 atom stereocenters. The standard InChI is InChI=1S/C12H17NO5S/c1-18-12(15)11(9-14)13-19(16,17)8-7-10-5-3-2-4-6-10/h2-6,11,13-14H,7-9H2,1H3. The van der Waals surface area contributed by atoms with Crippen LogP contribution >= 0.6 is 0 Å². The molecular formula is C12H17NO5S. The van der Waals surface area contributed by atoms with Crippen LogP contribution in [0.1, 0.15) is 5.56 Å². The summed E-state index contributed by atoms with van der Waals surface area (Å²) in [6.07, 6.45) is 0.329. The maximum Gasteiger partial charge on any atom is 0.326 e. The third-order valence-corrected chi connectivity index (χ3v) is 3.88. The van der Waals surface area contributed by atoms with Crippen LogP contribution in [0.3, 0.4) is 0 Å². The molecule has 1 unspecified atom stereocenters. The molecule has 2 N–H and O–H groups in total. The third-order valence-electron chi connectivity index (χ3n) is 2.49. The van der Waals surface area contributed by atoms with Gasteiger partial charge in [0.15, 0.2) is 0 Å². The zero-order valence-corrected chi connectivity index (χ0v) is 11.4. The summed E-state index contributed by atoms with van der Waals surface area (Å²) in [5, 5.41) is 8.95. The molecule has 0 bridgehead atoms. The van der Waals surface area contributed by atoms with E-state index >= 15 is 0 Å². The molecule has 0 fully saturated rings. The zero-order valence-electron chi connectivity index (χ0n) is 10.6. The zero-order chi connectivity index (χ0) is 14.3. The fourth-order valence-corrected chi connectivity index (χ4v) is 2.70. The van der Waals surface area contributed by atoms with Gasteiger partial charge in [-0.1, -0.05) is 30.3 Å². The van der Waals surface area contributed by atoms with E-state index in [4.69, 9.17) is 5.11 Å². The molecule has 106 valence electrons. The molecule has 7 heteroatoms. The van der Waals surface area contributed by atoms with Gasteiger partial charge in [0.25, 0.3) is 0 Å². The summed E-state index contributed by atoms with van der Waals surface area (Å²) in [5.74, 6) is -0.976. The Balaban J connectivity index is 2.59. The molecule has 0 aliphatic heterocycles. The molecular weight excluding hydrogens is 270 g/mol. The minimum Gasteiger partial charge on any atom is -0.468 e. The molecule has 0 amide bonds. The number of carbonyl (C=O) groups excluding carboxylic acids is 1. The van der Waals surface area contributed by atoms with Crippen molar-refractivity contribution >= 4 is 16.0 Å². The van der Waals surface area contributed by atoms with E-state index in [1.807, 2.05) is 30.3 Å². The van der Waals surface area contributed by atoms with E-state index in [0.29, 0.717) is 6.42 Å². The number of nitrogens with one attached hydrogen (secondary N) is 1. The normalized spacial score (nSPS) is 12.9. The van der Waals surface area contributed by atoms with E-state index in [1.54, 1.807) is 0 Å². The number of esters is 1. The van der Waals surface area contributed by atoms with Gasteiger partial charge in [-0.05, 0) is 12.0 Å². The lowest BCUT2D eigenvalue weighted by Gasteiger charge is -2.14. The van der Waals surface area contributed by atoms with Crippen molar-refractivity contribution < 1.29 is 23.1 Å². The quantitative estimate of drug-likeness (QED) is 0.671. The van der Waals surface area contributed by atoms with Gasteiger partial charge in [0.1, 0.15) is 6.04 Å². The Morgan fingerprint density at radius 3 is 2.53 bits per heavy atom. The molecule has 0 heterocycles. The van der Waals surface area contributed by atoms with Gasteiger partial charge in [0, 0.05) is 0 Å². The average Bonchev–Trinajstić information content (AvgIpc) is 2.43.